The molecule has 6 heteroatoms. The molecule has 0 aliphatic carbocycles. The van der Waals surface area contributed by atoms with Gasteiger partial charge in [-0.3, -0.25) is 24.7 Å². The minimum absolute atomic E-state index is 0.190. The molecule has 0 unspecified atom stereocenters. The summed E-state index contributed by atoms with van der Waals surface area (Å²) in [5.41, 5.74) is 3.38. The molecule has 6 nitrogen and oxygen atoms in total. The average Bonchev–Trinajstić information content (AvgIpc) is 2.65. The number of amides is 3. The van der Waals surface area contributed by atoms with Gasteiger partial charge in [0.1, 0.15) is 0 Å². The highest BCUT2D eigenvalue weighted by Crippen LogP contribution is 2.29. The van der Waals surface area contributed by atoms with E-state index in [2.05, 4.69) is 17.2 Å². The van der Waals surface area contributed by atoms with E-state index >= 15 is 0 Å². The number of carbonyl (C=O) groups is 3. The van der Waals surface area contributed by atoms with Crippen LogP contribution < -0.4 is 5.43 Å². The Bertz CT molecular complexity index is 850. The van der Waals surface area contributed by atoms with Crippen LogP contribution in [0.15, 0.2) is 36.4 Å². The Morgan fingerprint density at radius 1 is 1.04 bits per heavy atom. The molecule has 2 aromatic carbocycles. The van der Waals surface area contributed by atoms with Crippen LogP contribution in [0.3, 0.4) is 0 Å². The first kappa shape index (κ1) is 16.7. The third-order valence-corrected chi connectivity index (χ3v) is 5.25. The quantitative estimate of drug-likeness (QED) is 0.861. The van der Waals surface area contributed by atoms with Crippen molar-refractivity contribution in [3.8, 4) is 0 Å². The van der Waals surface area contributed by atoms with E-state index in [9.17, 15) is 14.4 Å². The molecule has 0 aromatic heterocycles. The molecule has 0 radical (unpaired) electrons. The lowest BCUT2D eigenvalue weighted by Gasteiger charge is -2.31. The number of benzene rings is 2. The lowest BCUT2D eigenvalue weighted by molar-refractivity contribution is -0.125. The first-order chi connectivity index (χ1) is 12.5. The number of piperidine rings is 1. The molecule has 2 aromatic rings. The fraction of sp³-hybridized carbons (Fsp3) is 0.350. The van der Waals surface area contributed by atoms with Crippen molar-refractivity contribution in [2.45, 2.75) is 19.8 Å². The summed E-state index contributed by atoms with van der Waals surface area (Å²) in [6.45, 7) is 4.12. The normalized spacial score (nSPS) is 18.4. The maximum absolute atomic E-state index is 12.8. The maximum Gasteiger partial charge on any atom is 0.280 e. The highest BCUT2D eigenvalue weighted by atomic mass is 16.2. The van der Waals surface area contributed by atoms with Gasteiger partial charge in [0.15, 0.2) is 0 Å². The third kappa shape index (κ3) is 2.86. The van der Waals surface area contributed by atoms with Crippen molar-refractivity contribution in [2.24, 2.45) is 5.92 Å². The molecule has 134 valence electrons. The van der Waals surface area contributed by atoms with Gasteiger partial charge in [0.05, 0.1) is 17.7 Å². The van der Waals surface area contributed by atoms with Gasteiger partial charge in [0, 0.05) is 5.39 Å². The zero-order valence-electron chi connectivity index (χ0n) is 14.7. The van der Waals surface area contributed by atoms with Crippen molar-refractivity contribution in [3.63, 3.8) is 0 Å². The van der Waals surface area contributed by atoms with Gasteiger partial charge in [-0.25, -0.2) is 0 Å². The standard InChI is InChI=1S/C20H21N3O3/c1-13-8-10-22(11-9-13)12-17(24)21-23-19(25)15-6-2-4-14-5-3-7-16(18(14)15)20(23)26/h2-7,13H,8-12H2,1H3,(H,21,24). The highest BCUT2D eigenvalue weighted by Gasteiger charge is 2.34. The molecule has 1 saturated heterocycles. The van der Waals surface area contributed by atoms with Crippen molar-refractivity contribution in [3.05, 3.63) is 47.5 Å². The minimum atomic E-state index is -0.486. The van der Waals surface area contributed by atoms with E-state index in [0.717, 1.165) is 36.3 Å². The number of rotatable bonds is 3. The molecule has 0 saturated carbocycles. The molecule has 2 aliphatic rings. The molecule has 2 heterocycles. The molecule has 1 fully saturated rings. The smallest absolute Gasteiger partial charge is 0.280 e. The molecule has 0 atom stereocenters. The number of hydrogen-bond acceptors (Lipinski definition) is 4. The summed E-state index contributed by atoms with van der Waals surface area (Å²) in [5.74, 6) is -0.635. The Morgan fingerprint density at radius 3 is 2.19 bits per heavy atom. The van der Waals surface area contributed by atoms with Crippen LogP contribution in [0.5, 0.6) is 0 Å². The second-order valence-electron chi connectivity index (χ2n) is 7.15. The van der Waals surface area contributed by atoms with Crippen LogP contribution >= 0.6 is 0 Å². The van der Waals surface area contributed by atoms with Crippen LogP contribution in [0.2, 0.25) is 0 Å². The molecule has 0 bridgehead atoms. The predicted octanol–water partition coefficient (Wildman–Crippen LogP) is 2.20. The number of imide groups is 1. The minimum Gasteiger partial charge on any atom is -0.294 e. The van der Waals surface area contributed by atoms with Gasteiger partial charge in [-0.05, 0) is 49.4 Å². The summed E-state index contributed by atoms with van der Waals surface area (Å²) in [4.78, 5) is 40.0. The summed E-state index contributed by atoms with van der Waals surface area (Å²) in [5, 5.41) is 2.35. The fourth-order valence-electron chi connectivity index (χ4n) is 3.72. The summed E-state index contributed by atoms with van der Waals surface area (Å²) in [6.07, 6.45) is 2.12. The lowest BCUT2D eigenvalue weighted by atomic mass is 9.95. The van der Waals surface area contributed by atoms with Crippen LogP contribution in [-0.2, 0) is 4.79 Å². The van der Waals surface area contributed by atoms with Crippen LogP contribution in [-0.4, -0.2) is 47.3 Å². The topological polar surface area (TPSA) is 69.7 Å². The van der Waals surface area contributed by atoms with Gasteiger partial charge in [0.2, 0.25) is 0 Å². The first-order valence-electron chi connectivity index (χ1n) is 8.97. The molecule has 2 aliphatic heterocycles. The van der Waals surface area contributed by atoms with Crippen molar-refractivity contribution in [2.75, 3.05) is 19.6 Å². The molecular weight excluding hydrogens is 330 g/mol. The van der Waals surface area contributed by atoms with Crippen LogP contribution in [0.1, 0.15) is 40.5 Å². The van der Waals surface area contributed by atoms with Gasteiger partial charge in [-0.1, -0.05) is 31.2 Å². The van der Waals surface area contributed by atoms with Gasteiger partial charge in [-0.15, -0.1) is 0 Å². The van der Waals surface area contributed by atoms with Gasteiger partial charge >= 0.3 is 0 Å². The second-order valence-corrected chi connectivity index (χ2v) is 7.15. The van der Waals surface area contributed by atoms with Crippen molar-refractivity contribution >= 4 is 28.5 Å². The molecule has 3 amide bonds. The Labute approximate surface area is 151 Å². The maximum atomic E-state index is 12.8. The van der Waals surface area contributed by atoms with E-state index in [4.69, 9.17) is 0 Å². The zero-order valence-corrected chi connectivity index (χ0v) is 14.7. The largest absolute Gasteiger partial charge is 0.294 e. The Hall–Kier alpha value is -2.73. The zero-order chi connectivity index (χ0) is 18.3. The summed E-state index contributed by atoms with van der Waals surface area (Å²) >= 11 is 0. The van der Waals surface area contributed by atoms with E-state index in [1.54, 1.807) is 24.3 Å². The van der Waals surface area contributed by atoms with Crippen LogP contribution in [0, 0.1) is 5.92 Å². The summed E-state index contributed by atoms with van der Waals surface area (Å²) in [6, 6.07) is 10.7. The van der Waals surface area contributed by atoms with E-state index in [1.807, 2.05) is 12.1 Å². The van der Waals surface area contributed by atoms with Crippen molar-refractivity contribution in [1.29, 1.82) is 0 Å². The number of carbonyl (C=O) groups excluding carboxylic acids is 3. The van der Waals surface area contributed by atoms with E-state index < -0.39 is 11.8 Å². The number of hydrazine groups is 1. The molecular formula is C20H21N3O3. The molecule has 1 N–H and O–H groups in total. The number of nitrogens with zero attached hydrogens (tertiary/aromatic N) is 2. The average molecular weight is 351 g/mol. The van der Waals surface area contributed by atoms with E-state index in [-0.39, 0.29) is 12.5 Å². The van der Waals surface area contributed by atoms with E-state index in [1.165, 1.54) is 0 Å². The van der Waals surface area contributed by atoms with E-state index in [0.29, 0.717) is 22.4 Å². The third-order valence-electron chi connectivity index (χ3n) is 5.25. The lowest BCUT2D eigenvalue weighted by Crippen LogP contribution is -2.54. The molecule has 0 spiro atoms. The predicted molar refractivity (Wildman–Crippen MR) is 97.4 cm³/mol. The SMILES string of the molecule is CC1CCN(CC(=O)NN2C(=O)c3cccc4cccc(c34)C2=O)CC1. The molecule has 26 heavy (non-hydrogen) atoms. The Morgan fingerprint density at radius 2 is 1.62 bits per heavy atom. The second kappa shape index (κ2) is 6.53. The van der Waals surface area contributed by atoms with Gasteiger partial charge in [-0.2, -0.15) is 5.01 Å². The van der Waals surface area contributed by atoms with Crippen LogP contribution in [0.4, 0.5) is 0 Å². The van der Waals surface area contributed by atoms with Gasteiger partial charge < -0.3 is 0 Å². The number of hydrogen-bond donors (Lipinski definition) is 1. The van der Waals surface area contributed by atoms with Crippen molar-refractivity contribution < 1.29 is 14.4 Å². The highest BCUT2D eigenvalue weighted by molar-refractivity contribution is 6.25. The Kier molecular flexibility index (Phi) is 4.20. The fourth-order valence-corrected chi connectivity index (χ4v) is 3.72. The number of likely N-dealkylation sites (tertiary alicyclic amines) is 1. The summed E-state index contributed by atoms with van der Waals surface area (Å²) in [7, 11) is 0. The monoisotopic (exact) mass is 351 g/mol. The van der Waals surface area contributed by atoms with Crippen LogP contribution in [0.25, 0.3) is 10.8 Å². The number of nitrogens with one attached hydrogen (secondary N) is 1. The molecule has 4 rings (SSSR count). The van der Waals surface area contributed by atoms with Gasteiger partial charge in [0.25, 0.3) is 17.7 Å². The summed E-state index contributed by atoms with van der Waals surface area (Å²) < 4.78 is 0. The first-order valence-corrected chi connectivity index (χ1v) is 8.97. The van der Waals surface area contributed by atoms with Crippen molar-refractivity contribution in [1.82, 2.24) is 15.3 Å². The Balaban J connectivity index is 1.54.